The van der Waals surface area contributed by atoms with Crippen LogP contribution in [0.25, 0.3) is 0 Å². The molecule has 1 amide bonds. The van der Waals surface area contributed by atoms with Crippen molar-refractivity contribution in [1.82, 2.24) is 9.97 Å². The van der Waals surface area contributed by atoms with E-state index in [1.807, 2.05) is 20.8 Å². The van der Waals surface area contributed by atoms with E-state index in [-0.39, 0.29) is 17.1 Å². The highest BCUT2D eigenvalue weighted by Gasteiger charge is 2.16. The second-order valence-electron chi connectivity index (χ2n) is 6.15. The first-order valence-corrected chi connectivity index (χ1v) is 7.80. The van der Waals surface area contributed by atoms with Crippen LogP contribution in [0.5, 0.6) is 0 Å². The molecule has 0 bridgehead atoms. The summed E-state index contributed by atoms with van der Waals surface area (Å²) in [5, 5.41) is 6.53. The van der Waals surface area contributed by atoms with Gasteiger partial charge in [-0.25, -0.2) is 9.97 Å². The zero-order valence-corrected chi connectivity index (χ0v) is 14.9. The Balaban J connectivity index is 2.27. The number of aromatic nitrogens is 2. The number of hydrogen-bond donors (Lipinski definition) is 2. The molecule has 0 spiro atoms. The molecule has 0 aliphatic carbocycles. The summed E-state index contributed by atoms with van der Waals surface area (Å²) in [7, 11) is 0. The SMILES string of the molecule is Cc1cc(C(=O)Nc2cccc(Cl)c2Cl)nc(NC(C)(C)C)n1. The maximum absolute atomic E-state index is 12.4. The summed E-state index contributed by atoms with van der Waals surface area (Å²) in [4.78, 5) is 21.0. The Kier molecular flexibility index (Phi) is 5.12. The summed E-state index contributed by atoms with van der Waals surface area (Å²) >= 11 is 12.0. The van der Waals surface area contributed by atoms with E-state index in [4.69, 9.17) is 23.2 Å². The molecule has 2 rings (SSSR count). The van der Waals surface area contributed by atoms with Gasteiger partial charge in [0.05, 0.1) is 15.7 Å². The fourth-order valence-corrected chi connectivity index (χ4v) is 2.21. The van der Waals surface area contributed by atoms with Gasteiger partial charge in [-0.2, -0.15) is 0 Å². The summed E-state index contributed by atoms with van der Waals surface area (Å²) in [6, 6.07) is 6.65. The topological polar surface area (TPSA) is 66.9 Å². The Morgan fingerprint density at radius 1 is 1.17 bits per heavy atom. The van der Waals surface area contributed by atoms with Crippen molar-refractivity contribution in [1.29, 1.82) is 0 Å². The first-order valence-electron chi connectivity index (χ1n) is 7.05. The van der Waals surface area contributed by atoms with Crippen LogP contribution in [0.1, 0.15) is 37.0 Å². The highest BCUT2D eigenvalue weighted by molar-refractivity contribution is 6.44. The highest BCUT2D eigenvalue weighted by Crippen LogP contribution is 2.29. The Labute approximate surface area is 145 Å². The van der Waals surface area contributed by atoms with Crippen LogP contribution in [-0.4, -0.2) is 21.4 Å². The Hall–Kier alpha value is -1.85. The van der Waals surface area contributed by atoms with Gasteiger partial charge in [-0.05, 0) is 45.9 Å². The van der Waals surface area contributed by atoms with Crippen molar-refractivity contribution in [3.63, 3.8) is 0 Å². The molecule has 23 heavy (non-hydrogen) atoms. The monoisotopic (exact) mass is 352 g/mol. The van der Waals surface area contributed by atoms with Gasteiger partial charge in [0.15, 0.2) is 0 Å². The predicted octanol–water partition coefficient (Wildman–Crippen LogP) is 4.55. The van der Waals surface area contributed by atoms with Crippen molar-refractivity contribution in [3.05, 3.63) is 45.7 Å². The van der Waals surface area contributed by atoms with Crippen LogP contribution in [0, 0.1) is 6.92 Å². The van der Waals surface area contributed by atoms with Crippen molar-refractivity contribution in [2.45, 2.75) is 33.2 Å². The molecule has 7 heteroatoms. The van der Waals surface area contributed by atoms with Gasteiger partial charge in [-0.1, -0.05) is 29.3 Å². The lowest BCUT2D eigenvalue weighted by molar-refractivity contribution is 0.102. The van der Waals surface area contributed by atoms with E-state index in [9.17, 15) is 4.79 Å². The van der Waals surface area contributed by atoms with Crippen LogP contribution in [0.3, 0.4) is 0 Å². The molecule has 0 radical (unpaired) electrons. The molecule has 0 fully saturated rings. The van der Waals surface area contributed by atoms with Crippen molar-refractivity contribution >= 4 is 40.7 Å². The van der Waals surface area contributed by atoms with Gasteiger partial charge in [0.1, 0.15) is 5.69 Å². The molecule has 122 valence electrons. The molecule has 0 aliphatic rings. The molecule has 5 nitrogen and oxygen atoms in total. The van der Waals surface area contributed by atoms with Crippen LogP contribution in [0.15, 0.2) is 24.3 Å². The van der Waals surface area contributed by atoms with Gasteiger partial charge >= 0.3 is 0 Å². The number of halogens is 2. The van der Waals surface area contributed by atoms with Crippen LogP contribution < -0.4 is 10.6 Å². The number of amides is 1. The van der Waals surface area contributed by atoms with E-state index in [2.05, 4.69) is 20.6 Å². The first-order chi connectivity index (χ1) is 10.7. The minimum atomic E-state index is -0.378. The maximum Gasteiger partial charge on any atom is 0.274 e. The molecule has 1 heterocycles. The Bertz CT molecular complexity index is 741. The van der Waals surface area contributed by atoms with Gasteiger partial charge in [0, 0.05) is 11.2 Å². The van der Waals surface area contributed by atoms with Gasteiger partial charge < -0.3 is 10.6 Å². The standard InChI is InChI=1S/C16H18Cl2N4O/c1-9-8-12(21-15(19-9)22-16(2,3)4)14(23)20-11-7-5-6-10(17)13(11)18/h5-8H,1-4H3,(H,20,23)(H,19,21,22). The molecular weight excluding hydrogens is 335 g/mol. The minimum absolute atomic E-state index is 0.211. The van der Waals surface area contributed by atoms with Crippen LogP contribution in [0.4, 0.5) is 11.6 Å². The summed E-state index contributed by atoms with van der Waals surface area (Å²) < 4.78 is 0. The van der Waals surface area contributed by atoms with E-state index >= 15 is 0 Å². The third-order valence-corrected chi connectivity index (χ3v) is 3.59. The molecule has 0 saturated carbocycles. The zero-order valence-electron chi connectivity index (χ0n) is 13.4. The number of nitrogens with zero attached hydrogens (tertiary/aromatic N) is 2. The van der Waals surface area contributed by atoms with Gasteiger partial charge in [-0.3, -0.25) is 4.79 Å². The lowest BCUT2D eigenvalue weighted by Crippen LogP contribution is -2.28. The van der Waals surface area contributed by atoms with Crippen LogP contribution in [0.2, 0.25) is 10.0 Å². The predicted molar refractivity (Wildman–Crippen MR) is 94.6 cm³/mol. The molecular formula is C16H18Cl2N4O. The fourth-order valence-electron chi connectivity index (χ4n) is 1.86. The summed E-state index contributed by atoms with van der Waals surface area (Å²) in [6.07, 6.45) is 0. The van der Waals surface area contributed by atoms with Crippen LogP contribution in [-0.2, 0) is 0 Å². The normalized spacial score (nSPS) is 11.2. The summed E-state index contributed by atoms with van der Waals surface area (Å²) in [5.41, 5.74) is 1.16. The lowest BCUT2D eigenvalue weighted by atomic mass is 10.1. The number of hydrogen-bond acceptors (Lipinski definition) is 4. The number of benzene rings is 1. The van der Waals surface area contributed by atoms with E-state index in [1.165, 1.54) is 0 Å². The Morgan fingerprint density at radius 2 is 1.87 bits per heavy atom. The largest absolute Gasteiger partial charge is 0.350 e. The number of nitrogens with one attached hydrogen (secondary N) is 2. The second kappa shape index (κ2) is 6.72. The average Bonchev–Trinajstić information content (AvgIpc) is 2.41. The molecule has 0 atom stereocenters. The van der Waals surface area contributed by atoms with Crippen molar-refractivity contribution in [3.8, 4) is 0 Å². The second-order valence-corrected chi connectivity index (χ2v) is 6.93. The smallest absolute Gasteiger partial charge is 0.274 e. The fraction of sp³-hybridized carbons (Fsp3) is 0.312. The lowest BCUT2D eigenvalue weighted by Gasteiger charge is -2.20. The molecule has 2 aromatic rings. The van der Waals surface area contributed by atoms with E-state index < -0.39 is 0 Å². The van der Waals surface area contributed by atoms with E-state index in [1.54, 1.807) is 31.2 Å². The minimum Gasteiger partial charge on any atom is -0.350 e. The summed E-state index contributed by atoms with van der Waals surface area (Å²) in [6.45, 7) is 7.78. The number of aryl methyl sites for hydroxylation is 1. The Morgan fingerprint density at radius 3 is 2.52 bits per heavy atom. The van der Waals surface area contributed by atoms with Crippen molar-refractivity contribution in [2.24, 2.45) is 0 Å². The number of carbonyl (C=O) groups is 1. The summed E-state index contributed by atoms with van der Waals surface area (Å²) in [5.74, 6) is 0.0245. The van der Waals surface area contributed by atoms with Crippen molar-refractivity contribution in [2.75, 3.05) is 10.6 Å². The third-order valence-electron chi connectivity index (χ3n) is 2.77. The van der Waals surface area contributed by atoms with E-state index in [0.29, 0.717) is 27.4 Å². The molecule has 1 aromatic carbocycles. The van der Waals surface area contributed by atoms with Crippen LogP contribution >= 0.6 is 23.2 Å². The average molecular weight is 353 g/mol. The molecule has 1 aromatic heterocycles. The van der Waals surface area contributed by atoms with Crippen molar-refractivity contribution < 1.29 is 4.79 Å². The maximum atomic E-state index is 12.4. The zero-order chi connectivity index (χ0) is 17.2. The number of anilines is 2. The van der Waals surface area contributed by atoms with E-state index in [0.717, 1.165) is 0 Å². The van der Waals surface area contributed by atoms with Gasteiger partial charge in [-0.15, -0.1) is 0 Å². The number of rotatable bonds is 3. The highest BCUT2D eigenvalue weighted by atomic mass is 35.5. The molecule has 0 saturated heterocycles. The van der Waals surface area contributed by atoms with Gasteiger partial charge in [0.2, 0.25) is 5.95 Å². The number of carbonyl (C=O) groups excluding carboxylic acids is 1. The molecule has 0 aliphatic heterocycles. The molecule has 2 N–H and O–H groups in total. The molecule has 0 unspecified atom stereocenters. The third kappa shape index (κ3) is 4.81. The first kappa shape index (κ1) is 17.5. The van der Waals surface area contributed by atoms with Gasteiger partial charge in [0.25, 0.3) is 5.91 Å². The quantitative estimate of drug-likeness (QED) is 0.849.